The molecule has 5 heteroatoms. The van der Waals surface area contributed by atoms with Crippen LogP contribution in [0.5, 0.6) is 0 Å². The van der Waals surface area contributed by atoms with Crippen LogP contribution < -0.4 is 0 Å². The molecule has 0 radical (unpaired) electrons. The Morgan fingerprint density at radius 2 is 2.05 bits per heavy atom. The number of alkyl halides is 1. The van der Waals surface area contributed by atoms with Gasteiger partial charge in [-0.05, 0) is 47.2 Å². The molecule has 0 aliphatic rings. The van der Waals surface area contributed by atoms with E-state index >= 15 is 0 Å². The van der Waals surface area contributed by atoms with E-state index < -0.39 is 0 Å². The molecular weight excluding hydrogens is 323 g/mol. The van der Waals surface area contributed by atoms with Crippen molar-refractivity contribution >= 4 is 55.7 Å². The predicted octanol–water partition coefficient (Wildman–Crippen LogP) is 5.63. The fourth-order valence-corrected chi connectivity index (χ4v) is 3.80. The Bertz CT molecular complexity index is 955. The second-order valence-electron chi connectivity index (χ2n) is 4.75. The summed E-state index contributed by atoms with van der Waals surface area (Å²) in [5.74, 6) is 1.14. The first-order valence-corrected chi connectivity index (χ1v) is 8.26. The van der Waals surface area contributed by atoms with E-state index in [1.165, 1.54) is 10.1 Å². The minimum atomic E-state index is 0.340. The molecule has 0 amide bonds. The van der Waals surface area contributed by atoms with Crippen LogP contribution >= 0.6 is 34.5 Å². The number of para-hydroxylation sites is 1. The Morgan fingerprint density at radius 3 is 2.90 bits per heavy atom. The lowest BCUT2D eigenvalue weighted by molar-refractivity contribution is 0.984. The molecule has 0 saturated carbocycles. The molecule has 2 aromatic heterocycles. The smallest absolute Gasteiger partial charge is 0.129 e. The van der Waals surface area contributed by atoms with Crippen molar-refractivity contribution < 1.29 is 0 Å². The molecule has 0 aliphatic heterocycles. The number of rotatable bonds is 2. The van der Waals surface area contributed by atoms with Gasteiger partial charge in [-0.3, -0.25) is 4.57 Å². The van der Waals surface area contributed by atoms with Gasteiger partial charge in [-0.1, -0.05) is 17.7 Å². The fraction of sp³-hybridized carbons (Fsp3) is 0.0625. The van der Waals surface area contributed by atoms with Crippen LogP contribution in [0.4, 0.5) is 0 Å². The van der Waals surface area contributed by atoms with Gasteiger partial charge in [0.2, 0.25) is 0 Å². The lowest BCUT2D eigenvalue weighted by Crippen LogP contribution is -1.99. The molecule has 0 N–H and O–H groups in total. The number of imidazole rings is 1. The van der Waals surface area contributed by atoms with Gasteiger partial charge in [0.05, 0.1) is 21.9 Å². The quantitative estimate of drug-likeness (QED) is 0.435. The highest BCUT2D eigenvalue weighted by Crippen LogP contribution is 2.31. The summed E-state index contributed by atoms with van der Waals surface area (Å²) >= 11 is 14.2. The van der Waals surface area contributed by atoms with Crippen LogP contribution in [0.25, 0.3) is 26.8 Å². The van der Waals surface area contributed by atoms with Crippen molar-refractivity contribution in [2.75, 3.05) is 0 Å². The summed E-state index contributed by atoms with van der Waals surface area (Å²) in [5.41, 5.74) is 2.81. The minimum absolute atomic E-state index is 0.340. The highest BCUT2D eigenvalue weighted by Gasteiger charge is 2.14. The number of hydrogen-bond acceptors (Lipinski definition) is 2. The van der Waals surface area contributed by atoms with Gasteiger partial charge in [0, 0.05) is 10.4 Å². The maximum absolute atomic E-state index is 6.38. The molecule has 0 bridgehead atoms. The number of hydrogen-bond donors (Lipinski definition) is 0. The fourth-order valence-electron chi connectivity index (χ4n) is 2.59. The molecule has 2 heterocycles. The van der Waals surface area contributed by atoms with Gasteiger partial charge in [-0.15, -0.1) is 22.9 Å². The molecule has 4 aromatic rings. The van der Waals surface area contributed by atoms with Gasteiger partial charge >= 0.3 is 0 Å². The molecule has 2 nitrogen and oxygen atoms in total. The number of thiophene rings is 1. The van der Waals surface area contributed by atoms with E-state index in [9.17, 15) is 0 Å². The Hall–Kier alpha value is -1.55. The van der Waals surface area contributed by atoms with Crippen molar-refractivity contribution in [1.29, 1.82) is 0 Å². The molecule has 0 unspecified atom stereocenters. The van der Waals surface area contributed by atoms with Crippen LogP contribution in [-0.4, -0.2) is 9.55 Å². The van der Waals surface area contributed by atoms with E-state index in [1.54, 1.807) is 11.3 Å². The predicted molar refractivity (Wildman–Crippen MR) is 91.0 cm³/mol. The van der Waals surface area contributed by atoms with E-state index in [0.717, 1.165) is 22.5 Å². The third-order valence-electron chi connectivity index (χ3n) is 3.51. The van der Waals surface area contributed by atoms with Crippen LogP contribution in [0.2, 0.25) is 5.02 Å². The molecule has 4 rings (SSSR count). The number of benzene rings is 2. The van der Waals surface area contributed by atoms with Crippen LogP contribution in [0.15, 0.2) is 47.8 Å². The zero-order chi connectivity index (χ0) is 14.4. The number of aromatic nitrogens is 2. The van der Waals surface area contributed by atoms with E-state index in [4.69, 9.17) is 23.2 Å². The summed E-state index contributed by atoms with van der Waals surface area (Å²) in [5, 5.41) is 3.99. The Balaban J connectivity index is 2.08. The molecule has 2 aromatic carbocycles. The van der Waals surface area contributed by atoms with Gasteiger partial charge in [-0.2, -0.15) is 0 Å². The Kier molecular flexibility index (Phi) is 3.14. The molecule has 0 atom stereocenters. The summed E-state index contributed by atoms with van der Waals surface area (Å²) in [6.07, 6.45) is 0. The van der Waals surface area contributed by atoms with Crippen molar-refractivity contribution in [3.8, 4) is 5.69 Å². The summed E-state index contributed by atoms with van der Waals surface area (Å²) in [7, 11) is 0. The summed E-state index contributed by atoms with van der Waals surface area (Å²) < 4.78 is 3.31. The second-order valence-corrected chi connectivity index (χ2v) is 6.37. The molecule has 0 fully saturated rings. The van der Waals surface area contributed by atoms with Crippen molar-refractivity contribution in [3.05, 3.63) is 58.7 Å². The van der Waals surface area contributed by atoms with Crippen LogP contribution in [0.3, 0.4) is 0 Å². The first kappa shape index (κ1) is 13.1. The van der Waals surface area contributed by atoms with Crippen molar-refractivity contribution in [3.63, 3.8) is 0 Å². The average molecular weight is 333 g/mol. The molecule has 0 spiro atoms. The zero-order valence-electron chi connectivity index (χ0n) is 10.9. The van der Waals surface area contributed by atoms with E-state index in [1.807, 2.05) is 22.8 Å². The monoisotopic (exact) mass is 332 g/mol. The van der Waals surface area contributed by atoms with Crippen LogP contribution in [0.1, 0.15) is 5.82 Å². The maximum Gasteiger partial charge on any atom is 0.129 e. The highest BCUT2D eigenvalue weighted by molar-refractivity contribution is 7.17. The number of fused-ring (bicyclic) bond motifs is 2. The van der Waals surface area contributed by atoms with Gasteiger partial charge < -0.3 is 0 Å². The Labute approximate surface area is 135 Å². The topological polar surface area (TPSA) is 17.8 Å². The summed E-state index contributed by atoms with van der Waals surface area (Å²) in [4.78, 5) is 4.59. The zero-order valence-corrected chi connectivity index (χ0v) is 13.2. The van der Waals surface area contributed by atoms with E-state index in [2.05, 4.69) is 34.6 Å². The Morgan fingerprint density at radius 1 is 1.14 bits per heavy atom. The minimum Gasteiger partial charge on any atom is -0.294 e. The lowest BCUT2D eigenvalue weighted by atomic mass is 10.2. The number of nitrogens with zero attached hydrogens (tertiary/aromatic N) is 2. The lowest BCUT2D eigenvalue weighted by Gasteiger charge is -2.09. The molecule has 21 heavy (non-hydrogen) atoms. The average Bonchev–Trinajstić information content (AvgIpc) is 3.10. The van der Waals surface area contributed by atoms with Crippen molar-refractivity contribution in [2.24, 2.45) is 0 Å². The van der Waals surface area contributed by atoms with Crippen molar-refractivity contribution in [1.82, 2.24) is 9.55 Å². The molecule has 0 aliphatic carbocycles. The van der Waals surface area contributed by atoms with Gasteiger partial charge in [0.1, 0.15) is 5.82 Å². The second kappa shape index (κ2) is 5.02. The van der Waals surface area contributed by atoms with Crippen LogP contribution in [0, 0.1) is 0 Å². The molecule has 104 valence electrons. The molecule has 0 saturated heterocycles. The third kappa shape index (κ3) is 2.04. The number of halogens is 2. The van der Waals surface area contributed by atoms with Crippen molar-refractivity contribution in [2.45, 2.75) is 5.88 Å². The van der Waals surface area contributed by atoms with E-state index in [-0.39, 0.29) is 0 Å². The summed E-state index contributed by atoms with van der Waals surface area (Å²) in [6.45, 7) is 0. The van der Waals surface area contributed by atoms with Gasteiger partial charge in [0.25, 0.3) is 0 Å². The third-order valence-corrected chi connectivity index (χ3v) is 4.95. The first-order valence-electron chi connectivity index (χ1n) is 6.47. The maximum atomic E-state index is 6.38. The normalized spacial score (nSPS) is 11.5. The van der Waals surface area contributed by atoms with E-state index in [0.29, 0.717) is 10.9 Å². The highest BCUT2D eigenvalue weighted by atomic mass is 35.5. The van der Waals surface area contributed by atoms with Crippen LogP contribution in [-0.2, 0) is 5.88 Å². The summed E-state index contributed by atoms with van der Waals surface area (Å²) in [6, 6.07) is 14.2. The van der Waals surface area contributed by atoms with Gasteiger partial charge in [-0.25, -0.2) is 4.98 Å². The standard InChI is InChI=1S/C16H10Cl2N2S/c17-9-15-19-13-3-1-2-12(18)16(13)20(15)11-4-5-14-10(8-11)6-7-21-14/h1-8H,9H2. The largest absolute Gasteiger partial charge is 0.294 e. The van der Waals surface area contributed by atoms with Gasteiger partial charge in [0.15, 0.2) is 0 Å². The first-order chi connectivity index (χ1) is 10.3. The SMILES string of the molecule is ClCc1nc2cccc(Cl)c2n1-c1ccc2sccc2c1. The molecular formula is C16H10Cl2N2S.